The molecule has 1 aromatic heterocycles. The van der Waals surface area contributed by atoms with Crippen LogP contribution in [-0.2, 0) is 6.42 Å². The van der Waals surface area contributed by atoms with E-state index in [1.807, 2.05) is 41.0 Å². The Balaban J connectivity index is 1.62. The lowest BCUT2D eigenvalue weighted by Gasteiger charge is -2.31. The second kappa shape index (κ2) is 6.76. The van der Waals surface area contributed by atoms with Gasteiger partial charge in [-0.1, -0.05) is 39.7 Å². The van der Waals surface area contributed by atoms with Gasteiger partial charge < -0.3 is 14.0 Å². The molecule has 3 aromatic carbocycles. The van der Waals surface area contributed by atoms with Crippen molar-refractivity contribution in [1.29, 1.82) is 0 Å². The maximum absolute atomic E-state index is 15.0. The van der Waals surface area contributed by atoms with E-state index in [4.69, 9.17) is 21.1 Å². The van der Waals surface area contributed by atoms with Crippen LogP contribution in [0.4, 0.5) is 4.39 Å². The molecule has 0 fully saturated rings. The van der Waals surface area contributed by atoms with Crippen molar-refractivity contribution >= 4 is 38.4 Å². The summed E-state index contributed by atoms with van der Waals surface area (Å²) in [6, 6.07) is 17.2. The summed E-state index contributed by atoms with van der Waals surface area (Å²) in [7, 11) is 0. The Hall–Kier alpha value is -2.50. The van der Waals surface area contributed by atoms with Crippen molar-refractivity contribution in [2.45, 2.75) is 19.1 Å². The minimum Gasteiger partial charge on any atom is -0.493 e. The van der Waals surface area contributed by atoms with Crippen LogP contribution in [0.5, 0.6) is 11.5 Å². The van der Waals surface area contributed by atoms with Crippen molar-refractivity contribution in [2.75, 3.05) is 6.61 Å². The molecule has 0 saturated heterocycles. The van der Waals surface area contributed by atoms with Crippen molar-refractivity contribution in [3.05, 3.63) is 81.0 Å². The Morgan fingerprint density at radius 2 is 1.93 bits per heavy atom. The van der Waals surface area contributed by atoms with Crippen molar-refractivity contribution in [2.24, 2.45) is 0 Å². The lowest BCUT2D eigenvalue weighted by Crippen LogP contribution is -2.23. The molecule has 0 amide bonds. The smallest absolute Gasteiger partial charge is 0.203 e. The van der Waals surface area contributed by atoms with Crippen LogP contribution in [0.3, 0.4) is 0 Å². The summed E-state index contributed by atoms with van der Waals surface area (Å²) in [4.78, 5) is 0. The third-order valence-electron chi connectivity index (χ3n) is 5.77. The summed E-state index contributed by atoms with van der Waals surface area (Å²) in [5, 5.41) is 1.58. The standard InChI is InChI=1S/C24H16BrClFNO2/c25-16-11-18(27)23-20-9-15-8-17(26)5-6-19(15)28(20)24(30-22(23)12-16)14-4-3-13-2-1-7-29-21(13)10-14/h3-6,8-12,24H,1-2,7H2. The number of benzene rings is 3. The predicted molar refractivity (Wildman–Crippen MR) is 119 cm³/mol. The number of ether oxygens (including phenoxy) is 2. The van der Waals surface area contributed by atoms with Crippen molar-refractivity contribution in [1.82, 2.24) is 4.57 Å². The van der Waals surface area contributed by atoms with E-state index in [0.29, 0.717) is 20.8 Å². The van der Waals surface area contributed by atoms with E-state index in [0.717, 1.165) is 47.4 Å². The monoisotopic (exact) mass is 483 g/mol. The Morgan fingerprint density at radius 1 is 1.03 bits per heavy atom. The first-order valence-corrected chi connectivity index (χ1v) is 11.0. The molecule has 0 bridgehead atoms. The fourth-order valence-electron chi connectivity index (χ4n) is 4.44. The molecule has 6 heteroatoms. The minimum atomic E-state index is -0.448. The third-order valence-corrected chi connectivity index (χ3v) is 6.47. The highest BCUT2D eigenvalue weighted by Crippen LogP contribution is 2.47. The van der Waals surface area contributed by atoms with E-state index in [-0.39, 0.29) is 5.82 Å². The fraction of sp³-hybridized carbons (Fsp3) is 0.167. The van der Waals surface area contributed by atoms with Gasteiger partial charge >= 0.3 is 0 Å². The van der Waals surface area contributed by atoms with Crippen LogP contribution in [0, 0.1) is 5.82 Å². The molecule has 3 nitrogen and oxygen atoms in total. The first-order chi connectivity index (χ1) is 14.6. The highest BCUT2D eigenvalue weighted by molar-refractivity contribution is 9.10. The maximum atomic E-state index is 15.0. The summed E-state index contributed by atoms with van der Waals surface area (Å²) in [5.41, 5.74) is 4.32. The molecule has 4 aromatic rings. The van der Waals surface area contributed by atoms with Crippen molar-refractivity contribution in [3.8, 4) is 22.8 Å². The lowest BCUT2D eigenvalue weighted by atomic mass is 10.0. The molecular weight excluding hydrogens is 469 g/mol. The van der Waals surface area contributed by atoms with Crippen LogP contribution in [0.2, 0.25) is 5.02 Å². The van der Waals surface area contributed by atoms with Gasteiger partial charge in [-0.25, -0.2) is 4.39 Å². The average molecular weight is 485 g/mol. The van der Waals surface area contributed by atoms with Gasteiger partial charge in [0.1, 0.15) is 17.3 Å². The zero-order valence-electron chi connectivity index (χ0n) is 15.8. The van der Waals surface area contributed by atoms with Crippen LogP contribution in [0.25, 0.3) is 22.2 Å². The number of hydrogen-bond donors (Lipinski definition) is 0. The van der Waals surface area contributed by atoms with Crippen LogP contribution in [-0.4, -0.2) is 11.2 Å². The molecule has 6 rings (SSSR count). The van der Waals surface area contributed by atoms with Crippen molar-refractivity contribution < 1.29 is 13.9 Å². The second-order valence-electron chi connectivity index (χ2n) is 7.65. The molecular formula is C24H16BrClFNO2. The van der Waals surface area contributed by atoms with E-state index < -0.39 is 6.23 Å². The number of rotatable bonds is 1. The molecule has 150 valence electrons. The van der Waals surface area contributed by atoms with E-state index >= 15 is 4.39 Å². The number of halogens is 3. The number of nitrogens with zero attached hydrogens (tertiary/aromatic N) is 1. The number of aryl methyl sites for hydroxylation is 1. The quantitative estimate of drug-likeness (QED) is 0.287. The van der Waals surface area contributed by atoms with Gasteiger partial charge in [0.2, 0.25) is 6.23 Å². The van der Waals surface area contributed by atoms with E-state index in [9.17, 15) is 0 Å². The van der Waals surface area contributed by atoms with Crippen LogP contribution in [0.1, 0.15) is 23.8 Å². The SMILES string of the molecule is Fc1cc(Br)cc2c1-c1cc3cc(Cl)ccc3n1C(c1ccc3c(c1)OCCC3)O2. The van der Waals surface area contributed by atoms with Crippen LogP contribution >= 0.6 is 27.5 Å². The van der Waals surface area contributed by atoms with E-state index in [1.165, 1.54) is 11.6 Å². The topological polar surface area (TPSA) is 23.4 Å². The molecule has 3 heterocycles. The molecule has 0 radical (unpaired) electrons. The van der Waals surface area contributed by atoms with Gasteiger partial charge in [0.15, 0.2) is 0 Å². The van der Waals surface area contributed by atoms with Gasteiger partial charge in [-0.15, -0.1) is 0 Å². The first-order valence-electron chi connectivity index (χ1n) is 9.81. The number of fused-ring (bicyclic) bond motifs is 6. The summed E-state index contributed by atoms with van der Waals surface area (Å²) in [5.74, 6) is 1.07. The minimum absolute atomic E-state index is 0.332. The van der Waals surface area contributed by atoms with Gasteiger partial charge in [-0.3, -0.25) is 0 Å². The number of hydrogen-bond acceptors (Lipinski definition) is 2. The summed E-state index contributed by atoms with van der Waals surface area (Å²) in [6.45, 7) is 0.721. The Morgan fingerprint density at radius 3 is 2.83 bits per heavy atom. The summed E-state index contributed by atoms with van der Waals surface area (Å²) in [6.07, 6.45) is 1.59. The molecule has 0 saturated carbocycles. The molecule has 2 aliphatic heterocycles. The van der Waals surface area contributed by atoms with Gasteiger partial charge in [0.05, 0.1) is 23.4 Å². The molecule has 1 unspecified atom stereocenters. The molecule has 2 aliphatic rings. The Kier molecular flexibility index (Phi) is 4.12. The second-order valence-corrected chi connectivity index (χ2v) is 9.00. The lowest BCUT2D eigenvalue weighted by molar-refractivity contribution is 0.171. The maximum Gasteiger partial charge on any atom is 0.203 e. The normalized spacial score (nSPS) is 17.0. The van der Waals surface area contributed by atoms with Gasteiger partial charge in [-0.05, 0) is 60.9 Å². The Labute approximate surface area is 186 Å². The van der Waals surface area contributed by atoms with Crippen molar-refractivity contribution in [3.63, 3.8) is 0 Å². The summed E-state index contributed by atoms with van der Waals surface area (Å²) >= 11 is 9.62. The third kappa shape index (κ3) is 2.76. The van der Waals surface area contributed by atoms with Crippen LogP contribution < -0.4 is 9.47 Å². The predicted octanol–water partition coefficient (Wildman–Crippen LogP) is 7.13. The highest BCUT2D eigenvalue weighted by Gasteiger charge is 2.32. The zero-order valence-corrected chi connectivity index (χ0v) is 18.1. The van der Waals surface area contributed by atoms with Gasteiger partial charge in [0, 0.05) is 20.4 Å². The van der Waals surface area contributed by atoms with Crippen LogP contribution in [0.15, 0.2) is 59.1 Å². The summed E-state index contributed by atoms with van der Waals surface area (Å²) < 4.78 is 30.0. The first kappa shape index (κ1) is 18.3. The molecule has 0 N–H and O–H groups in total. The molecule has 30 heavy (non-hydrogen) atoms. The largest absolute Gasteiger partial charge is 0.493 e. The van der Waals surface area contributed by atoms with E-state index in [1.54, 1.807) is 0 Å². The highest BCUT2D eigenvalue weighted by atomic mass is 79.9. The molecule has 1 atom stereocenters. The Bertz CT molecular complexity index is 1330. The molecule has 0 aliphatic carbocycles. The number of aromatic nitrogens is 1. The fourth-order valence-corrected chi connectivity index (χ4v) is 5.03. The van der Waals surface area contributed by atoms with Gasteiger partial charge in [0.25, 0.3) is 0 Å². The zero-order chi connectivity index (χ0) is 20.4. The van der Waals surface area contributed by atoms with Gasteiger partial charge in [-0.2, -0.15) is 0 Å². The molecule has 0 spiro atoms. The van der Waals surface area contributed by atoms with E-state index in [2.05, 4.69) is 28.1 Å². The average Bonchev–Trinajstić information content (AvgIpc) is 3.10.